The summed E-state index contributed by atoms with van der Waals surface area (Å²) in [6, 6.07) is 8.47. The lowest BCUT2D eigenvalue weighted by molar-refractivity contribution is 0.296. The Morgan fingerprint density at radius 1 is 0.786 bits per heavy atom. The van der Waals surface area contributed by atoms with Crippen LogP contribution < -0.4 is 0 Å². The highest BCUT2D eigenvalue weighted by molar-refractivity contribution is 6.58. The van der Waals surface area contributed by atoms with Crippen molar-refractivity contribution in [3.05, 3.63) is 35.4 Å². The van der Waals surface area contributed by atoms with E-state index in [-0.39, 0.29) is 15.5 Å². The van der Waals surface area contributed by atoms with Crippen LogP contribution in [0.2, 0.25) is 18.1 Å². The molecule has 0 aromatic heterocycles. The van der Waals surface area contributed by atoms with Crippen molar-refractivity contribution < 1.29 is 13.2 Å². The highest BCUT2D eigenvalue weighted by Gasteiger charge is 2.24. The summed E-state index contributed by atoms with van der Waals surface area (Å²) >= 11 is 0. The first kappa shape index (κ1) is 21.9. The molecule has 0 amide bonds. The third kappa shape index (κ3) is 6.64. The second-order valence-corrected chi connectivity index (χ2v) is 12.2. The van der Waals surface area contributed by atoms with Crippen molar-refractivity contribution in [2.75, 3.05) is 6.67 Å². The second kappa shape index (κ2) is 11.4. The molecule has 1 aliphatic carbocycles. The van der Waals surface area contributed by atoms with Crippen LogP contribution in [-0.2, 0) is 0 Å². The van der Waals surface area contributed by atoms with Gasteiger partial charge in [-0.3, -0.25) is 4.39 Å². The van der Waals surface area contributed by atoms with Crippen molar-refractivity contribution in [1.82, 2.24) is 0 Å². The molecule has 28 heavy (non-hydrogen) atoms. The van der Waals surface area contributed by atoms with Gasteiger partial charge in [-0.1, -0.05) is 62.7 Å². The fourth-order valence-corrected chi connectivity index (χ4v) is 8.37. The SMILES string of the molecule is FCCC[Si]1CCC(CCCCC2CCC(c3ccc(F)c(F)c3)CC2)CC1. The molecule has 1 aromatic carbocycles. The Hall–Kier alpha value is -0.773. The van der Waals surface area contributed by atoms with Crippen LogP contribution >= 0.6 is 0 Å². The maximum atomic E-state index is 13.5. The van der Waals surface area contributed by atoms with Crippen molar-refractivity contribution >= 4 is 8.80 Å². The minimum Gasteiger partial charge on any atom is -0.251 e. The lowest BCUT2D eigenvalue weighted by Crippen LogP contribution is -2.21. The molecule has 0 N–H and O–H groups in total. The molecule has 1 radical (unpaired) electrons. The molecule has 0 unspecified atom stereocenters. The Morgan fingerprint density at radius 3 is 2.04 bits per heavy atom. The Balaban J connectivity index is 1.26. The zero-order valence-corrected chi connectivity index (χ0v) is 18.2. The number of hydrogen-bond acceptors (Lipinski definition) is 0. The van der Waals surface area contributed by atoms with Gasteiger partial charge >= 0.3 is 0 Å². The number of rotatable bonds is 9. The maximum Gasteiger partial charge on any atom is 0.159 e. The lowest BCUT2D eigenvalue weighted by Gasteiger charge is -2.29. The van der Waals surface area contributed by atoms with Gasteiger partial charge in [0.1, 0.15) is 0 Å². The smallest absolute Gasteiger partial charge is 0.159 e. The Morgan fingerprint density at radius 2 is 1.43 bits per heavy atom. The number of alkyl halides is 1. The molecular formula is C24H36F3Si. The number of hydrogen-bond donors (Lipinski definition) is 0. The molecule has 1 aliphatic heterocycles. The van der Waals surface area contributed by atoms with Gasteiger partial charge in [0.2, 0.25) is 0 Å². The first-order chi connectivity index (χ1) is 13.7. The molecular weight excluding hydrogens is 373 g/mol. The van der Waals surface area contributed by atoms with Crippen LogP contribution in [0, 0.1) is 23.5 Å². The summed E-state index contributed by atoms with van der Waals surface area (Å²) in [7, 11) is -0.207. The van der Waals surface area contributed by atoms with E-state index in [2.05, 4.69) is 0 Å². The Kier molecular flexibility index (Phi) is 8.94. The lowest BCUT2D eigenvalue weighted by atomic mass is 9.77. The van der Waals surface area contributed by atoms with Crippen LogP contribution in [-0.4, -0.2) is 15.5 Å². The Bertz CT molecular complexity index is 575. The molecule has 4 heteroatoms. The van der Waals surface area contributed by atoms with E-state index in [0.717, 1.165) is 36.7 Å². The van der Waals surface area contributed by atoms with E-state index >= 15 is 0 Å². The normalized spacial score (nSPS) is 24.5. The van der Waals surface area contributed by atoms with Gasteiger partial charge in [-0.2, -0.15) is 0 Å². The summed E-state index contributed by atoms with van der Waals surface area (Å²) in [4.78, 5) is 0. The molecule has 2 aliphatic rings. The summed E-state index contributed by atoms with van der Waals surface area (Å²) in [5, 5.41) is 0. The van der Waals surface area contributed by atoms with Gasteiger partial charge in [0.15, 0.2) is 11.6 Å². The molecule has 2 fully saturated rings. The summed E-state index contributed by atoms with van der Waals surface area (Å²) in [6.45, 7) is -0.125. The maximum absolute atomic E-state index is 13.5. The molecule has 0 bridgehead atoms. The van der Waals surface area contributed by atoms with E-state index in [9.17, 15) is 13.2 Å². The van der Waals surface area contributed by atoms with Crippen molar-refractivity contribution in [3.63, 3.8) is 0 Å². The van der Waals surface area contributed by atoms with E-state index in [4.69, 9.17) is 0 Å². The summed E-state index contributed by atoms with van der Waals surface area (Å²) < 4.78 is 38.9. The first-order valence-corrected chi connectivity index (χ1v) is 13.6. The third-order valence-electron chi connectivity index (χ3n) is 7.21. The van der Waals surface area contributed by atoms with Gasteiger partial charge < -0.3 is 0 Å². The molecule has 1 saturated heterocycles. The largest absolute Gasteiger partial charge is 0.251 e. The van der Waals surface area contributed by atoms with Crippen LogP contribution in [0.3, 0.4) is 0 Å². The molecule has 0 nitrogen and oxygen atoms in total. The van der Waals surface area contributed by atoms with E-state index < -0.39 is 11.6 Å². The van der Waals surface area contributed by atoms with Crippen molar-refractivity contribution in [3.8, 4) is 0 Å². The van der Waals surface area contributed by atoms with Crippen LogP contribution in [0.25, 0.3) is 0 Å². The summed E-state index contributed by atoms with van der Waals surface area (Å²) in [5.74, 6) is 0.707. The second-order valence-electron chi connectivity index (χ2n) is 9.16. The molecule has 3 rings (SSSR count). The molecule has 1 heterocycles. The molecule has 157 valence electrons. The average Bonchev–Trinajstić information content (AvgIpc) is 2.73. The van der Waals surface area contributed by atoms with Gasteiger partial charge in [-0.25, -0.2) is 8.78 Å². The van der Waals surface area contributed by atoms with Crippen molar-refractivity contribution in [2.24, 2.45) is 11.8 Å². The van der Waals surface area contributed by atoms with Crippen molar-refractivity contribution in [2.45, 2.75) is 94.7 Å². The minimum absolute atomic E-state index is 0.125. The standard InChI is InChI=1S/C24H36F3Si/c25-14-3-15-28-16-12-20(13-17-28)5-2-1-4-19-6-8-21(9-7-19)22-10-11-23(26)24(27)18-22/h10-11,18-21H,1-9,12-17H2. The number of benzene rings is 1. The molecule has 0 spiro atoms. The van der Waals surface area contributed by atoms with Crippen LogP contribution in [0.5, 0.6) is 0 Å². The van der Waals surface area contributed by atoms with E-state index in [1.54, 1.807) is 6.07 Å². The van der Waals surface area contributed by atoms with Gasteiger partial charge in [-0.05, 0) is 67.6 Å². The van der Waals surface area contributed by atoms with E-state index in [1.807, 2.05) is 0 Å². The fourth-order valence-electron chi connectivity index (χ4n) is 5.36. The van der Waals surface area contributed by atoms with Gasteiger partial charge in [-0.15, -0.1) is 0 Å². The minimum atomic E-state index is -0.743. The van der Waals surface area contributed by atoms with Crippen LogP contribution in [0.1, 0.15) is 82.1 Å². The van der Waals surface area contributed by atoms with E-state index in [0.29, 0.717) is 5.92 Å². The van der Waals surface area contributed by atoms with Gasteiger partial charge in [0.05, 0.1) is 6.67 Å². The van der Waals surface area contributed by atoms with Crippen LogP contribution in [0.4, 0.5) is 13.2 Å². The molecule has 1 aromatic rings. The van der Waals surface area contributed by atoms with Crippen LogP contribution in [0.15, 0.2) is 18.2 Å². The summed E-state index contributed by atoms with van der Waals surface area (Å²) in [6.07, 6.45) is 13.7. The van der Waals surface area contributed by atoms with Crippen molar-refractivity contribution in [1.29, 1.82) is 0 Å². The topological polar surface area (TPSA) is 0 Å². The summed E-state index contributed by atoms with van der Waals surface area (Å²) in [5.41, 5.74) is 0.974. The van der Waals surface area contributed by atoms with Gasteiger partial charge in [0, 0.05) is 8.80 Å². The van der Waals surface area contributed by atoms with E-state index in [1.165, 1.54) is 81.6 Å². The quantitative estimate of drug-likeness (QED) is 0.286. The number of halogens is 3. The zero-order chi connectivity index (χ0) is 19.8. The predicted octanol–water partition coefficient (Wildman–Crippen LogP) is 8.06. The highest BCUT2D eigenvalue weighted by Crippen LogP contribution is 2.38. The molecule has 1 saturated carbocycles. The third-order valence-corrected chi connectivity index (χ3v) is 10.3. The average molecular weight is 410 g/mol. The zero-order valence-electron chi connectivity index (χ0n) is 17.2. The Labute approximate surface area is 170 Å². The fraction of sp³-hybridized carbons (Fsp3) is 0.750. The van der Waals surface area contributed by atoms with Gasteiger partial charge in [0.25, 0.3) is 0 Å². The number of unbranched alkanes of at least 4 members (excludes halogenated alkanes) is 1. The molecule has 0 atom stereocenters. The first-order valence-electron chi connectivity index (χ1n) is 11.5. The highest BCUT2D eigenvalue weighted by atomic mass is 28.3. The predicted molar refractivity (Wildman–Crippen MR) is 113 cm³/mol. The monoisotopic (exact) mass is 409 g/mol.